The van der Waals surface area contributed by atoms with Gasteiger partial charge in [0.2, 0.25) is 17.9 Å². The highest BCUT2D eigenvalue weighted by Crippen LogP contribution is 2.41. The van der Waals surface area contributed by atoms with Crippen LogP contribution in [0.15, 0.2) is 0 Å². The Morgan fingerprint density at radius 3 is 1.54 bits per heavy atom. The van der Waals surface area contributed by atoms with Gasteiger partial charge in [-0.15, -0.1) is 0 Å². The Bertz CT molecular complexity index is 1060. The summed E-state index contributed by atoms with van der Waals surface area (Å²) in [6.45, 7) is 2.54. The molecule has 0 saturated carbocycles. The fourth-order valence-corrected chi connectivity index (χ4v) is 4.50. The van der Waals surface area contributed by atoms with Gasteiger partial charge in [-0.3, -0.25) is 14.1 Å². The lowest BCUT2D eigenvalue weighted by molar-refractivity contribution is -0.197. The minimum atomic E-state index is -5.29. The van der Waals surface area contributed by atoms with Crippen molar-refractivity contribution < 1.29 is 45.3 Å². The molecule has 1 unspecified atom stereocenters. The van der Waals surface area contributed by atoms with Crippen LogP contribution in [0.2, 0.25) is 0 Å². The van der Waals surface area contributed by atoms with Gasteiger partial charge in [0.1, 0.15) is 29.3 Å². The zero-order valence-corrected chi connectivity index (χ0v) is 21.6. The van der Waals surface area contributed by atoms with Crippen LogP contribution >= 0.6 is 0 Å². The number of benzene rings is 1. The summed E-state index contributed by atoms with van der Waals surface area (Å²) < 4.78 is 76.3. The first-order chi connectivity index (χ1) is 15.9. The summed E-state index contributed by atoms with van der Waals surface area (Å²) in [5.41, 5.74) is 1.20. The third kappa shape index (κ3) is 7.03. The smallest absolute Gasteiger partial charge is 0.426 e. The fraction of sp³-hybridized carbons (Fsp3) is 0.526. The van der Waals surface area contributed by atoms with Gasteiger partial charge in [0.15, 0.2) is 0 Å². The SMILES string of the molecule is BCc1c(C(=O)OC(CS(=O)(=O)O)C(F)(F)F)c(CB)c(N(C)C(C)=O)c(CB)c1N(C)C(C)=O. The maximum Gasteiger partial charge on any atom is 0.426 e. The van der Waals surface area contributed by atoms with Gasteiger partial charge in [0.05, 0.1) is 16.9 Å². The van der Waals surface area contributed by atoms with Gasteiger partial charge in [0.25, 0.3) is 10.1 Å². The molecule has 9 nitrogen and oxygen atoms in total. The number of hydrogen-bond donors (Lipinski definition) is 1. The Labute approximate surface area is 205 Å². The van der Waals surface area contributed by atoms with Crippen molar-refractivity contribution in [2.75, 3.05) is 29.6 Å². The third-order valence-corrected chi connectivity index (χ3v) is 6.33. The van der Waals surface area contributed by atoms with Crippen molar-refractivity contribution in [2.24, 2.45) is 0 Å². The lowest BCUT2D eigenvalue weighted by Crippen LogP contribution is -2.40. The number of carbonyl (C=O) groups excluding carboxylic acids is 3. The van der Waals surface area contributed by atoms with E-state index < -0.39 is 45.9 Å². The van der Waals surface area contributed by atoms with Crippen molar-refractivity contribution in [1.82, 2.24) is 0 Å². The second kappa shape index (κ2) is 11.5. The second-order valence-electron chi connectivity index (χ2n) is 7.91. The Morgan fingerprint density at radius 1 is 0.914 bits per heavy atom. The van der Waals surface area contributed by atoms with Gasteiger partial charge >= 0.3 is 12.1 Å². The van der Waals surface area contributed by atoms with Gasteiger partial charge in [-0.1, -0.05) is 19.0 Å². The molecule has 0 bridgehead atoms. The van der Waals surface area contributed by atoms with E-state index in [-0.39, 0.29) is 40.7 Å². The molecule has 0 aromatic heterocycles. The Kier molecular flexibility index (Phi) is 10.0. The highest BCUT2D eigenvalue weighted by atomic mass is 32.2. The quantitative estimate of drug-likeness (QED) is 0.254. The van der Waals surface area contributed by atoms with E-state index in [1.54, 1.807) is 23.5 Å². The van der Waals surface area contributed by atoms with E-state index in [0.29, 0.717) is 11.9 Å². The van der Waals surface area contributed by atoms with Crippen LogP contribution in [-0.2, 0) is 43.4 Å². The van der Waals surface area contributed by atoms with E-state index in [9.17, 15) is 36.0 Å². The van der Waals surface area contributed by atoms with Gasteiger partial charge in [-0.25, -0.2) is 4.79 Å². The predicted molar refractivity (Wildman–Crippen MR) is 133 cm³/mol. The number of ether oxygens (including phenoxy) is 1. The summed E-state index contributed by atoms with van der Waals surface area (Å²) in [5.74, 6) is -4.20. The van der Waals surface area contributed by atoms with Crippen LogP contribution < -0.4 is 9.80 Å². The van der Waals surface area contributed by atoms with Crippen molar-refractivity contribution in [3.63, 3.8) is 0 Å². The van der Waals surface area contributed by atoms with Crippen LogP contribution in [0.4, 0.5) is 24.5 Å². The van der Waals surface area contributed by atoms with Crippen molar-refractivity contribution in [3.8, 4) is 0 Å². The molecule has 16 heteroatoms. The van der Waals surface area contributed by atoms with Gasteiger partial charge in [0, 0.05) is 27.9 Å². The fourth-order valence-electron chi connectivity index (χ4n) is 3.86. The monoisotopic (exact) mass is 518 g/mol. The van der Waals surface area contributed by atoms with Crippen LogP contribution in [0.3, 0.4) is 0 Å². The van der Waals surface area contributed by atoms with E-state index in [0.717, 1.165) is 0 Å². The number of anilines is 2. The minimum Gasteiger partial charge on any atom is -0.448 e. The Balaban J connectivity index is 4.10. The molecule has 2 amide bonds. The molecule has 1 atom stereocenters. The van der Waals surface area contributed by atoms with Crippen LogP contribution in [0.25, 0.3) is 0 Å². The largest absolute Gasteiger partial charge is 0.448 e. The standard InChI is InChI=1S/C19H28B3F3N2O7S/c1-9(28)26(3)16-11(5-20)15(12(6-21)17(13(16)7-22)27(4)10(2)29)18(30)34-14(19(23,24)25)8-35(31,32)33/h14H,5-8,20-22H2,1-4H3,(H,31,32,33). The molecule has 0 heterocycles. The van der Waals surface area contributed by atoms with E-state index in [2.05, 4.69) is 4.74 Å². The van der Waals surface area contributed by atoms with E-state index in [1.807, 2.05) is 0 Å². The average Bonchev–Trinajstić information content (AvgIpc) is 2.73. The molecule has 1 aromatic carbocycles. The number of nitrogens with zero attached hydrogens (tertiary/aromatic N) is 2. The summed E-state index contributed by atoms with van der Waals surface area (Å²) in [4.78, 5) is 40.3. The number of amides is 2. The lowest BCUT2D eigenvalue weighted by atomic mass is 9.78. The molecule has 0 aliphatic heterocycles. The number of halogens is 3. The first kappa shape index (κ1) is 30.6. The number of rotatable bonds is 9. The molecular weight excluding hydrogens is 490 g/mol. The van der Waals surface area contributed by atoms with E-state index in [4.69, 9.17) is 4.55 Å². The van der Waals surface area contributed by atoms with Crippen molar-refractivity contribution in [2.45, 2.75) is 45.1 Å². The maximum absolute atomic E-state index is 13.5. The summed E-state index contributed by atoms with van der Waals surface area (Å²) in [6, 6.07) is 0. The summed E-state index contributed by atoms with van der Waals surface area (Å²) in [6.07, 6.45) is -7.88. The van der Waals surface area contributed by atoms with Crippen LogP contribution in [0.1, 0.15) is 40.9 Å². The third-order valence-electron chi connectivity index (χ3n) is 5.60. The molecule has 0 aliphatic carbocycles. The normalized spacial score (nSPS) is 12.7. The molecular formula is C19H28B3F3N2O7S. The second-order valence-corrected chi connectivity index (χ2v) is 9.41. The number of alkyl halides is 3. The summed E-state index contributed by atoms with van der Waals surface area (Å²) >= 11 is 0. The molecule has 35 heavy (non-hydrogen) atoms. The minimum absolute atomic E-state index is 0.108. The highest BCUT2D eigenvalue weighted by molar-refractivity contribution is 7.85. The summed E-state index contributed by atoms with van der Waals surface area (Å²) in [7, 11) is 2.77. The molecule has 0 saturated heterocycles. The maximum atomic E-state index is 13.5. The van der Waals surface area contributed by atoms with Crippen molar-refractivity contribution in [3.05, 3.63) is 22.3 Å². The zero-order chi connectivity index (χ0) is 27.5. The number of hydrogen-bond acceptors (Lipinski definition) is 6. The highest BCUT2D eigenvalue weighted by Gasteiger charge is 2.46. The van der Waals surface area contributed by atoms with E-state index in [1.165, 1.54) is 37.7 Å². The first-order valence-corrected chi connectivity index (χ1v) is 12.5. The van der Waals surface area contributed by atoms with E-state index >= 15 is 0 Å². The van der Waals surface area contributed by atoms with Crippen molar-refractivity contribution in [1.29, 1.82) is 0 Å². The zero-order valence-electron chi connectivity index (χ0n) is 20.7. The van der Waals surface area contributed by atoms with Gasteiger partial charge < -0.3 is 14.5 Å². The Hall–Kier alpha value is -2.48. The Morgan fingerprint density at radius 2 is 1.29 bits per heavy atom. The van der Waals surface area contributed by atoms with Gasteiger partial charge in [-0.2, -0.15) is 21.6 Å². The van der Waals surface area contributed by atoms with Crippen molar-refractivity contribution >= 4 is 62.8 Å². The molecule has 1 N–H and O–H groups in total. The number of carbonyl (C=O) groups is 3. The van der Waals surface area contributed by atoms with Gasteiger partial charge in [-0.05, 0) is 16.7 Å². The molecule has 1 aromatic rings. The summed E-state index contributed by atoms with van der Waals surface area (Å²) in [5, 5.41) is 0. The van der Waals surface area contributed by atoms with Crippen LogP contribution in [0.5, 0.6) is 0 Å². The topological polar surface area (TPSA) is 121 Å². The molecule has 0 spiro atoms. The predicted octanol–water partition coefficient (Wildman–Crippen LogP) is -0.973. The molecule has 1 rings (SSSR count). The molecule has 0 radical (unpaired) electrons. The molecule has 0 fully saturated rings. The first-order valence-electron chi connectivity index (χ1n) is 10.8. The lowest BCUT2D eigenvalue weighted by Gasteiger charge is -2.32. The average molecular weight is 518 g/mol. The van der Waals surface area contributed by atoms with Crippen LogP contribution in [-0.4, -0.2) is 86.4 Å². The molecule has 192 valence electrons. The molecule has 0 aliphatic rings. The number of esters is 1. The van der Waals surface area contributed by atoms with Crippen LogP contribution in [0, 0.1) is 0 Å².